The van der Waals surface area contributed by atoms with Crippen molar-refractivity contribution in [3.63, 3.8) is 0 Å². The number of benzene rings is 2. The summed E-state index contributed by atoms with van der Waals surface area (Å²) >= 11 is 6.12. The fourth-order valence-electron chi connectivity index (χ4n) is 2.39. The lowest BCUT2D eigenvalue weighted by molar-refractivity contribution is 0.169. The minimum Gasteiger partial charge on any atom is -0.439 e. The van der Waals surface area contributed by atoms with Gasteiger partial charge in [-0.2, -0.15) is 9.97 Å². The topological polar surface area (TPSA) is 87.1 Å². The normalized spacial score (nSPS) is 10.8. The highest BCUT2D eigenvalue weighted by molar-refractivity contribution is 6.33. The Balaban J connectivity index is 1.46. The Hall–Kier alpha value is -3.19. The third kappa shape index (κ3) is 3.29. The van der Waals surface area contributed by atoms with Gasteiger partial charge in [0.15, 0.2) is 6.61 Å². The molecule has 0 saturated heterocycles. The molecule has 0 saturated carbocycles. The van der Waals surface area contributed by atoms with Gasteiger partial charge in [-0.25, -0.2) is 0 Å². The van der Waals surface area contributed by atoms with E-state index in [9.17, 15) is 0 Å². The van der Waals surface area contributed by atoms with Gasteiger partial charge < -0.3 is 9.26 Å². The van der Waals surface area contributed by atoms with Crippen LogP contribution in [0.3, 0.4) is 0 Å². The first-order chi connectivity index (χ1) is 12.7. The van der Waals surface area contributed by atoms with Crippen molar-refractivity contribution in [2.45, 2.75) is 13.5 Å². The maximum absolute atomic E-state index is 6.12. The van der Waals surface area contributed by atoms with Crippen molar-refractivity contribution in [2.75, 3.05) is 0 Å². The number of nitrogens with zero attached hydrogens (tertiary/aromatic N) is 4. The lowest BCUT2D eigenvalue weighted by Gasteiger charge is -1.98. The summed E-state index contributed by atoms with van der Waals surface area (Å²) in [6, 6.07) is 15.0. The van der Waals surface area contributed by atoms with Crippen molar-refractivity contribution in [3.05, 3.63) is 65.0 Å². The number of aryl methyl sites for hydroxylation is 1. The second kappa shape index (κ2) is 6.97. The molecular weight excluding hydrogens is 356 g/mol. The summed E-state index contributed by atoms with van der Waals surface area (Å²) < 4.78 is 15.7. The first-order valence-electron chi connectivity index (χ1n) is 7.81. The number of aromatic nitrogens is 4. The van der Waals surface area contributed by atoms with Crippen LogP contribution in [0.5, 0.6) is 6.08 Å². The minimum absolute atomic E-state index is 0.00411. The second-order valence-corrected chi connectivity index (χ2v) is 5.89. The van der Waals surface area contributed by atoms with Gasteiger partial charge in [-0.15, -0.1) is 0 Å². The summed E-state index contributed by atoms with van der Waals surface area (Å²) in [7, 11) is 0. The summed E-state index contributed by atoms with van der Waals surface area (Å²) in [5, 5.41) is 8.36. The molecule has 26 heavy (non-hydrogen) atoms. The monoisotopic (exact) mass is 368 g/mol. The molecule has 2 heterocycles. The van der Waals surface area contributed by atoms with Gasteiger partial charge >= 0.3 is 6.08 Å². The van der Waals surface area contributed by atoms with Gasteiger partial charge in [-0.1, -0.05) is 58.3 Å². The van der Waals surface area contributed by atoms with Crippen LogP contribution in [0.1, 0.15) is 11.5 Å². The molecule has 0 amide bonds. The molecule has 4 rings (SSSR count). The predicted octanol–water partition coefficient (Wildman–Crippen LogP) is 4.33. The maximum Gasteiger partial charge on any atom is 0.418 e. The molecule has 0 aliphatic carbocycles. The van der Waals surface area contributed by atoms with E-state index < -0.39 is 0 Å². The van der Waals surface area contributed by atoms with E-state index in [1.54, 1.807) is 12.1 Å². The highest BCUT2D eigenvalue weighted by Gasteiger charge is 2.15. The van der Waals surface area contributed by atoms with E-state index in [1.165, 1.54) is 0 Å². The highest BCUT2D eigenvalue weighted by atomic mass is 35.5. The van der Waals surface area contributed by atoms with Crippen LogP contribution in [-0.4, -0.2) is 20.3 Å². The smallest absolute Gasteiger partial charge is 0.418 e. The van der Waals surface area contributed by atoms with Crippen molar-refractivity contribution in [1.82, 2.24) is 20.3 Å². The fraction of sp³-hybridized carbons (Fsp3) is 0.111. The Morgan fingerprint density at radius 3 is 2.38 bits per heavy atom. The van der Waals surface area contributed by atoms with Gasteiger partial charge in [-0.05, 0) is 24.6 Å². The third-order valence-corrected chi connectivity index (χ3v) is 4.02. The third-order valence-electron chi connectivity index (χ3n) is 3.70. The van der Waals surface area contributed by atoms with Crippen LogP contribution in [0.25, 0.3) is 22.8 Å². The molecule has 0 bridgehead atoms. The van der Waals surface area contributed by atoms with Gasteiger partial charge in [0.25, 0.3) is 5.89 Å². The number of halogens is 1. The Bertz CT molecular complexity index is 960. The quantitative estimate of drug-likeness (QED) is 0.518. The summed E-state index contributed by atoms with van der Waals surface area (Å²) in [5.41, 5.74) is 2.62. The van der Waals surface area contributed by atoms with Gasteiger partial charge in [0.2, 0.25) is 11.6 Å². The van der Waals surface area contributed by atoms with Crippen LogP contribution in [0.4, 0.5) is 0 Å². The molecule has 0 N–H and O–H groups in total. The van der Waals surface area contributed by atoms with Crippen molar-refractivity contribution in [1.29, 1.82) is 0 Å². The molecule has 4 aromatic rings. The van der Waals surface area contributed by atoms with E-state index in [1.807, 2.05) is 43.3 Å². The average Bonchev–Trinajstić information content (AvgIpc) is 3.30. The SMILES string of the molecule is Cc1ccccc1-c1noc(COc2nc(-c3ccccc3Cl)no2)n1. The van der Waals surface area contributed by atoms with E-state index in [-0.39, 0.29) is 12.7 Å². The average molecular weight is 369 g/mol. The summed E-state index contributed by atoms with van der Waals surface area (Å²) in [5.74, 6) is 1.15. The predicted molar refractivity (Wildman–Crippen MR) is 93.5 cm³/mol. The number of hydrogen-bond acceptors (Lipinski definition) is 7. The first kappa shape index (κ1) is 16.3. The molecule has 0 aliphatic heterocycles. The van der Waals surface area contributed by atoms with Crippen LogP contribution < -0.4 is 4.74 Å². The summed E-state index contributed by atoms with van der Waals surface area (Å²) in [4.78, 5) is 8.48. The fourth-order valence-corrected chi connectivity index (χ4v) is 2.61. The van der Waals surface area contributed by atoms with Gasteiger partial charge in [0.05, 0.1) is 5.02 Å². The number of ether oxygens (including phenoxy) is 1. The van der Waals surface area contributed by atoms with Crippen LogP contribution in [0.2, 0.25) is 5.02 Å². The maximum atomic E-state index is 6.12. The van der Waals surface area contributed by atoms with E-state index >= 15 is 0 Å². The van der Waals surface area contributed by atoms with Crippen molar-refractivity contribution in [3.8, 4) is 28.9 Å². The van der Waals surface area contributed by atoms with Crippen molar-refractivity contribution in [2.24, 2.45) is 0 Å². The molecule has 0 fully saturated rings. The Morgan fingerprint density at radius 1 is 0.885 bits per heavy atom. The van der Waals surface area contributed by atoms with E-state index in [4.69, 9.17) is 25.4 Å². The van der Waals surface area contributed by atoms with Crippen molar-refractivity contribution >= 4 is 11.6 Å². The van der Waals surface area contributed by atoms with Crippen LogP contribution >= 0.6 is 11.6 Å². The lowest BCUT2D eigenvalue weighted by Crippen LogP contribution is -1.96. The van der Waals surface area contributed by atoms with Crippen molar-refractivity contribution < 1.29 is 13.8 Å². The largest absolute Gasteiger partial charge is 0.439 e. The molecular formula is C18H13ClN4O3. The summed E-state index contributed by atoms with van der Waals surface area (Å²) in [6.45, 7) is 2.00. The molecule has 0 radical (unpaired) electrons. The second-order valence-electron chi connectivity index (χ2n) is 5.48. The molecule has 7 nitrogen and oxygen atoms in total. The molecule has 0 unspecified atom stereocenters. The van der Waals surface area contributed by atoms with E-state index in [2.05, 4.69) is 20.3 Å². The molecule has 0 atom stereocenters. The van der Waals surface area contributed by atoms with Gasteiger partial charge in [-0.3, -0.25) is 4.52 Å². The Labute approximate surface area is 153 Å². The molecule has 2 aromatic carbocycles. The standard InChI is InChI=1S/C18H13ClN4O3/c1-11-6-2-3-7-12(11)16-20-15(25-22-16)10-24-18-21-17(23-26-18)13-8-4-5-9-14(13)19/h2-9H,10H2,1H3. The van der Waals surface area contributed by atoms with Gasteiger partial charge in [0, 0.05) is 11.1 Å². The minimum atomic E-state index is -0.00411. The zero-order valence-corrected chi connectivity index (χ0v) is 14.5. The number of rotatable bonds is 5. The Morgan fingerprint density at radius 2 is 1.58 bits per heavy atom. The van der Waals surface area contributed by atoms with Gasteiger partial charge in [0.1, 0.15) is 0 Å². The first-order valence-corrected chi connectivity index (χ1v) is 8.18. The van der Waals surface area contributed by atoms with Crippen LogP contribution in [0, 0.1) is 6.92 Å². The zero-order chi connectivity index (χ0) is 17.9. The Kier molecular flexibility index (Phi) is 4.37. The van der Waals surface area contributed by atoms with Crippen LogP contribution in [-0.2, 0) is 6.61 Å². The summed E-state index contributed by atoms with van der Waals surface area (Å²) in [6.07, 6.45) is -0.00411. The number of hydrogen-bond donors (Lipinski definition) is 0. The molecule has 0 spiro atoms. The zero-order valence-electron chi connectivity index (χ0n) is 13.7. The molecule has 8 heteroatoms. The molecule has 0 aliphatic rings. The highest BCUT2D eigenvalue weighted by Crippen LogP contribution is 2.26. The van der Waals surface area contributed by atoms with E-state index in [0.717, 1.165) is 11.1 Å². The van der Waals surface area contributed by atoms with E-state index in [0.29, 0.717) is 28.1 Å². The molecule has 130 valence electrons. The lowest BCUT2D eigenvalue weighted by atomic mass is 10.1. The van der Waals surface area contributed by atoms with Crippen LogP contribution in [0.15, 0.2) is 57.6 Å². The molecule has 2 aromatic heterocycles.